The minimum absolute atomic E-state index is 0.580. The number of rotatable bonds is 1. The fraction of sp³-hybridized carbons (Fsp3) is 0.0714. The third-order valence-electron chi connectivity index (χ3n) is 6.62. The number of hydrogen-bond donors (Lipinski definition) is 0. The summed E-state index contributed by atoms with van der Waals surface area (Å²) < 4.78 is 29.5. The summed E-state index contributed by atoms with van der Waals surface area (Å²) in [5, 5.41) is 3.92. The average molecular weight is 449 g/mol. The molecule has 0 amide bonds. The largest absolute Gasteiger partial charge is 0.544 e. The van der Waals surface area contributed by atoms with E-state index in [0.717, 1.165) is 50.3 Å². The van der Waals surface area contributed by atoms with Gasteiger partial charge in [-0.15, -0.1) is 0 Å². The lowest BCUT2D eigenvalue weighted by Crippen LogP contribution is -2.23. The summed E-state index contributed by atoms with van der Waals surface area (Å²) in [5.74, 6) is 1.21. The summed E-state index contributed by atoms with van der Waals surface area (Å²) in [6.45, 7) is 0.580. The molecule has 0 N–H and O–H groups in total. The number of fused-ring (bicyclic) bond motifs is 8. The molecule has 5 aromatic carbocycles. The van der Waals surface area contributed by atoms with E-state index in [-0.39, 0.29) is 0 Å². The van der Waals surface area contributed by atoms with Gasteiger partial charge in [0.1, 0.15) is 11.5 Å². The highest BCUT2D eigenvalue weighted by atomic mass is 31.2. The fourth-order valence-corrected chi connectivity index (χ4v) is 6.92. The predicted molar refractivity (Wildman–Crippen MR) is 133 cm³/mol. The van der Waals surface area contributed by atoms with Crippen LogP contribution in [0, 0.1) is 0 Å². The van der Waals surface area contributed by atoms with Gasteiger partial charge in [-0.3, -0.25) is 4.67 Å². The Hall–Kier alpha value is -3.75. The van der Waals surface area contributed by atoms with E-state index >= 15 is 0 Å². The minimum atomic E-state index is -3.78. The summed E-state index contributed by atoms with van der Waals surface area (Å²) in [7, 11) is -3.78. The SMILES string of the molecule is O=P1(N2CCc3ccccc32)Oc2c(ccc3ccccc23)-c2ccc3ccccc3c2O1. The number of nitrogens with zero attached hydrogens (tertiary/aromatic N) is 1. The van der Waals surface area contributed by atoms with Crippen LogP contribution in [0.1, 0.15) is 5.56 Å². The molecule has 2 aliphatic rings. The van der Waals surface area contributed by atoms with Crippen molar-refractivity contribution in [3.8, 4) is 22.6 Å². The Morgan fingerprint density at radius 2 is 1.18 bits per heavy atom. The Morgan fingerprint density at radius 3 is 1.82 bits per heavy atom. The van der Waals surface area contributed by atoms with E-state index in [1.165, 1.54) is 0 Å². The molecule has 0 saturated heterocycles. The molecule has 0 fully saturated rings. The maximum atomic E-state index is 14.7. The van der Waals surface area contributed by atoms with Crippen molar-refractivity contribution in [2.24, 2.45) is 0 Å². The van der Waals surface area contributed by atoms with Gasteiger partial charge in [0, 0.05) is 28.4 Å². The average Bonchev–Trinajstić information content (AvgIpc) is 3.24. The molecular weight excluding hydrogens is 429 g/mol. The van der Waals surface area contributed by atoms with Gasteiger partial charge in [0.05, 0.1) is 5.69 Å². The van der Waals surface area contributed by atoms with E-state index in [9.17, 15) is 4.57 Å². The molecule has 33 heavy (non-hydrogen) atoms. The molecule has 5 aromatic rings. The third-order valence-corrected chi connectivity index (χ3v) is 8.45. The molecule has 0 aliphatic carbocycles. The second kappa shape index (κ2) is 6.87. The van der Waals surface area contributed by atoms with Gasteiger partial charge in [0.25, 0.3) is 0 Å². The first-order valence-corrected chi connectivity index (χ1v) is 12.6. The number of para-hydroxylation sites is 1. The Balaban J connectivity index is 1.55. The molecule has 0 aromatic heterocycles. The first-order chi connectivity index (χ1) is 16.2. The molecule has 2 heterocycles. The van der Waals surface area contributed by atoms with Gasteiger partial charge in [-0.05, 0) is 41.0 Å². The quantitative estimate of drug-likeness (QED) is 0.247. The van der Waals surface area contributed by atoms with E-state index in [0.29, 0.717) is 18.0 Å². The van der Waals surface area contributed by atoms with Gasteiger partial charge >= 0.3 is 7.75 Å². The molecule has 0 bridgehead atoms. The molecule has 0 unspecified atom stereocenters. The topological polar surface area (TPSA) is 38.8 Å². The summed E-state index contributed by atoms with van der Waals surface area (Å²) in [4.78, 5) is 0. The number of hydrogen-bond acceptors (Lipinski definition) is 3. The number of anilines is 1. The van der Waals surface area contributed by atoms with Crippen molar-refractivity contribution in [2.45, 2.75) is 6.42 Å². The second-order valence-corrected chi connectivity index (χ2v) is 10.3. The highest BCUT2D eigenvalue weighted by molar-refractivity contribution is 7.56. The van der Waals surface area contributed by atoms with E-state index in [2.05, 4.69) is 18.2 Å². The normalized spacial score (nSPS) is 15.8. The van der Waals surface area contributed by atoms with Crippen molar-refractivity contribution in [3.05, 3.63) is 103 Å². The van der Waals surface area contributed by atoms with Crippen LogP contribution in [0.4, 0.5) is 5.69 Å². The van der Waals surface area contributed by atoms with Crippen molar-refractivity contribution >= 4 is 35.0 Å². The van der Waals surface area contributed by atoms with Crippen LogP contribution in [0.25, 0.3) is 32.7 Å². The molecule has 4 nitrogen and oxygen atoms in total. The van der Waals surface area contributed by atoms with Crippen molar-refractivity contribution < 1.29 is 13.6 Å². The maximum Gasteiger partial charge on any atom is 0.544 e. The predicted octanol–water partition coefficient (Wildman–Crippen LogP) is 7.60. The monoisotopic (exact) mass is 449 g/mol. The number of benzene rings is 5. The summed E-state index contributed by atoms with van der Waals surface area (Å²) in [6, 6.07) is 32.4. The van der Waals surface area contributed by atoms with Crippen LogP contribution < -0.4 is 13.7 Å². The van der Waals surface area contributed by atoms with Gasteiger partial charge < -0.3 is 9.05 Å². The van der Waals surface area contributed by atoms with Crippen LogP contribution in [0.5, 0.6) is 11.5 Å². The smallest absolute Gasteiger partial charge is 0.399 e. The van der Waals surface area contributed by atoms with E-state index < -0.39 is 7.75 Å². The van der Waals surface area contributed by atoms with E-state index in [1.807, 2.05) is 83.5 Å². The van der Waals surface area contributed by atoms with E-state index in [4.69, 9.17) is 9.05 Å². The molecule has 0 spiro atoms. The van der Waals surface area contributed by atoms with Crippen molar-refractivity contribution in [1.29, 1.82) is 0 Å². The third kappa shape index (κ3) is 2.74. The molecule has 0 saturated carbocycles. The molecule has 5 heteroatoms. The Kier molecular flexibility index (Phi) is 3.91. The zero-order valence-electron chi connectivity index (χ0n) is 17.8. The zero-order valence-corrected chi connectivity index (χ0v) is 18.7. The minimum Gasteiger partial charge on any atom is -0.399 e. The second-order valence-electron chi connectivity index (χ2n) is 8.48. The van der Waals surface area contributed by atoms with Crippen molar-refractivity contribution in [1.82, 2.24) is 0 Å². The van der Waals surface area contributed by atoms with Crippen molar-refractivity contribution in [3.63, 3.8) is 0 Å². The Labute approximate surface area is 191 Å². The highest BCUT2D eigenvalue weighted by Gasteiger charge is 2.44. The molecule has 7 rings (SSSR count). The standard InChI is InChI=1S/C28H20NO3P/c30-33(29-18-17-21-9-3-6-12-26(21)29)31-27-22-10-4-1-7-19(22)13-15-24(27)25-16-14-20-8-2-5-11-23(20)28(25)32-33/h1-16H,17-18H2. The lowest BCUT2D eigenvalue weighted by Gasteiger charge is -2.28. The molecule has 2 aliphatic heterocycles. The molecule has 0 radical (unpaired) electrons. The first-order valence-electron chi connectivity index (χ1n) is 11.1. The van der Waals surface area contributed by atoms with Crippen LogP contribution in [0.15, 0.2) is 97.1 Å². The zero-order chi connectivity index (χ0) is 22.0. The lowest BCUT2D eigenvalue weighted by molar-refractivity contribution is 0.390. The molecule has 0 atom stereocenters. The Morgan fingerprint density at radius 1 is 0.636 bits per heavy atom. The summed E-state index contributed by atoms with van der Waals surface area (Å²) in [6.07, 6.45) is 0.803. The lowest BCUT2D eigenvalue weighted by atomic mass is 9.96. The van der Waals surface area contributed by atoms with Gasteiger partial charge in [-0.2, -0.15) is 0 Å². The van der Waals surface area contributed by atoms with Crippen LogP contribution in [0.2, 0.25) is 0 Å². The molecular formula is C28H20NO3P. The maximum absolute atomic E-state index is 14.7. The van der Waals surface area contributed by atoms with Crippen LogP contribution in [0.3, 0.4) is 0 Å². The Bertz CT molecular complexity index is 1540. The van der Waals surface area contributed by atoms with Gasteiger partial charge in [0.15, 0.2) is 0 Å². The fourth-order valence-electron chi connectivity index (χ4n) is 5.03. The van der Waals surface area contributed by atoms with Gasteiger partial charge in [-0.1, -0.05) is 78.9 Å². The van der Waals surface area contributed by atoms with Crippen LogP contribution in [-0.4, -0.2) is 6.54 Å². The van der Waals surface area contributed by atoms with Gasteiger partial charge in [-0.25, -0.2) is 4.57 Å². The van der Waals surface area contributed by atoms with Crippen LogP contribution in [-0.2, 0) is 11.0 Å². The van der Waals surface area contributed by atoms with Gasteiger partial charge in [0.2, 0.25) is 0 Å². The van der Waals surface area contributed by atoms with E-state index in [1.54, 1.807) is 0 Å². The summed E-state index contributed by atoms with van der Waals surface area (Å²) in [5.41, 5.74) is 3.84. The highest BCUT2D eigenvalue weighted by Crippen LogP contribution is 2.62. The molecule has 160 valence electrons. The van der Waals surface area contributed by atoms with Crippen LogP contribution >= 0.6 is 7.75 Å². The summed E-state index contributed by atoms with van der Waals surface area (Å²) >= 11 is 0. The first kappa shape index (κ1) is 18.8. The van der Waals surface area contributed by atoms with Crippen molar-refractivity contribution in [2.75, 3.05) is 11.2 Å².